The SMILES string of the molecule is COc1cc(I)c(C(C)=O)cc1C#N. The minimum absolute atomic E-state index is 0.0476. The van der Waals surface area contributed by atoms with Crippen molar-refractivity contribution in [2.45, 2.75) is 6.92 Å². The maximum atomic E-state index is 11.2. The van der Waals surface area contributed by atoms with Gasteiger partial charge in [0.2, 0.25) is 0 Å². The number of ketones is 1. The molecule has 0 aliphatic carbocycles. The number of benzene rings is 1. The molecule has 1 aromatic carbocycles. The van der Waals surface area contributed by atoms with Crippen LogP contribution in [0.1, 0.15) is 22.8 Å². The highest BCUT2D eigenvalue weighted by Gasteiger charge is 2.11. The van der Waals surface area contributed by atoms with E-state index in [9.17, 15) is 4.79 Å². The molecule has 0 radical (unpaired) electrons. The molecule has 0 aliphatic rings. The largest absolute Gasteiger partial charge is 0.495 e. The van der Waals surface area contributed by atoms with E-state index in [-0.39, 0.29) is 5.78 Å². The summed E-state index contributed by atoms with van der Waals surface area (Å²) in [6.45, 7) is 1.48. The fourth-order valence-corrected chi connectivity index (χ4v) is 1.90. The second kappa shape index (κ2) is 4.42. The third-order valence-electron chi connectivity index (χ3n) is 1.79. The molecule has 0 spiro atoms. The molecule has 1 rings (SSSR count). The Hall–Kier alpha value is -1.09. The molecule has 0 aromatic heterocycles. The molecule has 14 heavy (non-hydrogen) atoms. The molecule has 0 bridgehead atoms. The third-order valence-corrected chi connectivity index (χ3v) is 2.68. The van der Waals surface area contributed by atoms with Crippen LogP contribution in [-0.4, -0.2) is 12.9 Å². The van der Waals surface area contributed by atoms with Crippen molar-refractivity contribution in [1.82, 2.24) is 0 Å². The van der Waals surface area contributed by atoms with Gasteiger partial charge in [0.15, 0.2) is 5.78 Å². The molecule has 0 amide bonds. The van der Waals surface area contributed by atoms with Crippen molar-refractivity contribution >= 4 is 28.4 Å². The number of Topliss-reactive ketones (excluding diaryl/α,β-unsaturated/α-hetero) is 1. The van der Waals surface area contributed by atoms with Gasteiger partial charge in [-0.15, -0.1) is 0 Å². The average molecular weight is 301 g/mol. The second-order valence-electron chi connectivity index (χ2n) is 2.70. The number of halogens is 1. The summed E-state index contributed by atoms with van der Waals surface area (Å²) in [4.78, 5) is 11.2. The lowest BCUT2D eigenvalue weighted by Gasteiger charge is -2.06. The first-order chi connectivity index (χ1) is 6.60. The van der Waals surface area contributed by atoms with Gasteiger partial charge < -0.3 is 4.74 Å². The fraction of sp³-hybridized carbons (Fsp3) is 0.200. The van der Waals surface area contributed by atoms with Crippen molar-refractivity contribution in [2.24, 2.45) is 0 Å². The van der Waals surface area contributed by atoms with Crippen LogP contribution in [0, 0.1) is 14.9 Å². The number of rotatable bonds is 2. The lowest BCUT2D eigenvalue weighted by atomic mass is 10.1. The Balaban J connectivity index is 3.40. The molecular weight excluding hydrogens is 293 g/mol. The van der Waals surface area contributed by atoms with Crippen LogP contribution < -0.4 is 4.74 Å². The van der Waals surface area contributed by atoms with Crippen molar-refractivity contribution in [3.63, 3.8) is 0 Å². The van der Waals surface area contributed by atoms with E-state index in [2.05, 4.69) is 0 Å². The van der Waals surface area contributed by atoms with E-state index in [1.165, 1.54) is 14.0 Å². The Morgan fingerprint density at radius 3 is 2.64 bits per heavy atom. The molecule has 0 atom stereocenters. The third kappa shape index (κ3) is 2.04. The monoisotopic (exact) mass is 301 g/mol. The lowest BCUT2D eigenvalue weighted by Crippen LogP contribution is -1.99. The predicted molar refractivity (Wildman–Crippen MR) is 60.4 cm³/mol. The van der Waals surface area contributed by atoms with Gasteiger partial charge in [-0.1, -0.05) is 0 Å². The summed E-state index contributed by atoms with van der Waals surface area (Å²) in [5.74, 6) is 0.454. The molecule has 0 aliphatic heterocycles. The first-order valence-electron chi connectivity index (χ1n) is 3.88. The van der Waals surface area contributed by atoms with Crippen molar-refractivity contribution in [3.05, 3.63) is 26.8 Å². The molecule has 0 saturated heterocycles. The molecule has 0 fully saturated rings. The number of hydrogen-bond acceptors (Lipinski definition) is 3. The first kappa shape index (κ1) is 11.0. The number of methoxy groups -OCH3 is 1. The summed E-state index contributed by atoms with van der Waals surface area (Å²) >= 11 is 2.05. The van der Waals surface area contributed by atoms with E-state index in [4.69, 9.17) is 10.00 Å². The first-order valence-corrected chi connectivity index (χ1v) is 4.96. The van der Waals surface area contributed by atoms with E-state index in [0.29, 0.717) is 16.9 Å². The van der Waals surface area contributed by atoms with Crippen molar-refractivity contribution in [2.75, 3.05) is 7.11 Å². The highest BCUT2D eigenvalue weighted by Crippen LogP contribution is 2.24. The second-order valence-corrected chi connectivity index (χ2v) is 3.86. The van der Waals surface area contributed by atoms with Crippen LogP contribution in [0.15, 0.2) is 12.1 Å². The Labute approximate surface area is 95.8 Å². The standard InChI is InChI=1S/C10H8INO2/c1-6(13)8-3-7(5-12)10(14-2)4-9(8)11/h3-4H,1-2H3. The Kier molecular flexibility index (Phi) is 3.47. The van der Waals surface area contributed by atoms with Gasteiger partial charge in [-0.25, -0.2) is 0 Å². The Morgan fingerprint density at radius 2 is 2.21 bits per heavy atom. The summed E-state index contributed by atoms with van der Waals surface area (Å²) in [5.41, 5.74) is 0.945. The molecule has 0 heterocycles. The topological polar surface area (TPSA) is 50.1 Å². The smallest absolute Gasteiger partial charge is 0.160 e. The van der Waals surface area contributed by atoms with Gasteiger partial charge in [0.25, 0.3) is 0 Å². The van der Waals surface area contributed by atoms with Crippen molar-refractivity contribution in [1.29, 1.82) is 5.26 Å². The van der Waals surface area contributed by atoms with Gasteiger partial charge >= 0.3 is 0 Å². The van der Waals surface area contributed by atoms with Crippen LogP contribution in [0.2, 0.25) is 0 Å². The molecule has 0 N–H and O–H groups in total. The molecule has 72 valence electrons. The molecule has 0 saturated carbocycles. The zero-order valence-corrected chi connectivity index (χ0v) is 9.95. The van der Waals surface area contributed by atoms with E-state index < -0.39 is 0 Å². The summed E-state index contributed by atoms with van der Waals surface area (Å²) in [6, 6.07) is 5.24. The summed E-state index contributed by atoms with van der Waals surface area (Å²) in [6.07, 6.45) is 0. The van der Waals surface area contributed by atoms with E-state index in [0.717, 1.165) is 3.57 Å². The minimum Gasteiger partial charge on any atom is -0.495 e. The van der Waals surface area contributed by atoms with Crippen LogP contribution in [0.4, 0.5) is 0 Å². The van der Waals surface area contributed by atoms with Crippen LogP contribution in [0.25, 0.3) is 0 Å². The summed E-state index contributed by atoms with van der Waals surface area (Å²) in [5, 5.41) is 8.80. The van der Waals surface area contributed by atoms with E-state index in [1.807, 2.05) is 28.7 Å². The zero-order chi connectivity index (χ0) is 10.7. The molecular formula is C10H8INO2. The van der Waals surface area contributed by atoms with Crippen LogP contribution in [0.5, 0.6) is 5.75 Å². The van der Waals surface area contributed by atoms with Gasteiger partial charge in [-0.3, -0.25) is 4.79 Å². The zero-order valence-electron chi connectivity index (χ0n) is 7.80. The van der Waals surface area contributed by atoms with Gasteiger partial charge in [0, 0.05) is 9.13 Å². The quantitative estimate of drug-likeness (QED) is 0.622. The minimum atomic E-state index is -0.0476. The number of carbonyl (C=O) groups excluding carboxylic acids is 1. The normalized spacial score (nSPS) is 9.29. The Bertz CT molecular complexity index is 421. The van der Waals surface area contributed by atoms with Gasteiger partial charge in [0.05, 0.1) is 12.7 Å². The van der Waals surface area contributed by atoms with Crippen LogP contribution in [-0.2, 0) is 0 Å². The number of ether oxygens (including phenoxy) is 1. The highest BCUT2D eigenvalue weighted by atomic mass is 127. The average Bonchev–Trinajstić information content (AvgIpc) is 2.16. The predicted octanol–water partition coefficient (Wildman–Crippen LogP) is 2.37. The highest BCUT2D eigenvalue weighted by molar-refractivity contribution is 14.1. The number of nitriles is 1. The molecule has 0 unspecified atom stereocenters. The molecule has 3 nitrogen and oxygen atoms in total. The van der Waals surface area contributed by atoms with Gasteiger partial charge in [-0.05, 0) is 41.6 Å². The summed E-state index contributed by atoms with van der Waals surface area (Å²) in [7, 11) is 1.50. The van der Waals surface area contributed by atoms with Crippen LogP contribution in [0.3, 0.4) is 0 Å². The lowest BCUT2D eigenvalue weighted by molar-refractivity contribution is 0.101. The van der Waals surface area contributed by atoms with Gasteiger partial charge in [0.1, 0.15) is 11.8 Å². The van der Waals surface area contributed by atoms with Gasteiger partial charge in [-0.2, -0.15) is 5.26 Å². The van der Waals surface area contributed by atoms with E-state index >= 15 is 0 Å². The maximum absolute atomic E-state index is 11.2. The van der Waals surface area contributed by atoms with Crippen molar-refractivity contribution < 1.29 is 9.53 Å². The van der Waals surface area contributed by atoms with E-state index in [1.54, 1.807) is 12.1 Å². The fourth-order valence-electron chi connectivity index (χ4n) is 1.08. The number of carbonyl (C=O) groups is 1. The molecule has 1 aromatic rings. The van der Waals surface area contributed by atoms with Crippen LogP contribution >= 0.6 is 22.6 Å². The number of hydrogen-bond donors (Lipinski definition) is 0. The Morgan fingerprint density at radius 1 is 1.57 bits per heavy atom. The van der Waals surface area contributed by atoms with Crippen molar-refractivity contribution in [3.8, 4) is 11.8 Å². The summed E-state index contributed by atoms with van der Waals surface area (Å²) < 4.78 is 5.81. The molecule has 4 heteroatoms. The number of nitrogens with zero attached hydrogens (tertiary/aromatic N) is 1. The maximum Gasteiger partial charge on any atom is 0.160 e.